The molecule has 2 heteroatoms. The fourth-order valence-corrected chi connectivity index (χ4v) is 2.54. The van der Waals surface area contributed by atoms with Crippen molar-refractivity contribution in [1.82, 2.24) is 10.6 Å². The lowest BCUT2D eigenvalue weighted by atomic mass is 9.99. The number of nitrogens with one attached hydrogen (secondary N) is 2. The zero-order valence-electron chi connectivity index (χ0n) is 11.7. The van der Waals surface area contributed by atoms with Crippen molar-refractivity contribution >= 4 is 0 Å². The Balaban J connectivity index is 1.72. The molecule has 1 unspecified atom stereocenters. The Labute approximate surface area is 111 Å². The number of rotatable bonds is 5. The molecule has 1 saturated heterocycles. The SMILES string of the molecule is CC(C)c1ccc(CNCC2CCCNC2)cc1. The van der Waals surface area contributed by atoms with Gasteiger partial charge in [0.25, 0.3) is 0 Å². The van der Waals surface area contributed by atoms with E-state index in [-0.39, 0.29) is 0 Å². The van der Waals surface area contributed by atoms with Crippen molar-refractivity contribution in [2.75, 3.05) is 19.6 Å². The average molecular weight is 246 g/mol. The third-order valence-corrected chi connectivity index (χ3v) is 3.81. The fraction of sp³-hybridized carbons (Fsp3) is 0.625. The van der Waals surface area contributed by atoms with Crippen LogP contribution in [0.3, 0.4) is 0 Å². The molecule has 100 valence electrons. The van der Waals surface area contributed by atoms with Gasteiger partial charge in [0.2, 0.25) is 0 Å². The molecule has 2 N–H and O–H groups in total. The van der Waals surface area contributed by atoms with E-state index < -0.39 is 0 Å². The highest BCUT2D eigenvalue weighted by atomic mass is 14.9. The summed E-state index contributed by atoms with van der Waals surface area (Å²) in [5.74, 6) is 1.44. The second kappa shape index (κ2) is 6.91. The molecule has 0 amide bonds. The topological polar surface area (TPSA) is 24.1 Å². The highest BCUT2D eigenvalue weighted by Gasteiger charge is 2.11. The lowest BCUT2D eigenvalue weighted by Crippen LogP contribution is -2.35. The van der Waals surface area contributed by atoms with Crippen LogP contribution in [0.2, 0.25) is 0 Å². The van der Waals surface area contributed by atoms with E-state index in [4.69, 9.17) is 0 Å². The molecule has 0 spiro atoms. The predicted octanol–water partition coefficient (Wildman–Crippen LogP) is 2.90. The van der Waals surface area contributed by atoms with E-state index in [2.05, 4.69) is 48.7 Å². The smallest absolute Gasteiger partial charge is 0.0205 e. The van der Waals surface area contributed by atoms with Gasteiger partial charge in [-0.2, -0.15) is 0 Å². The quantitative estimate of drug-likeness (QED) is 0.835. The van der Waals surface area contributed by atoms with Gasteiger partial charge in [0, 0.05) is 6.54 Å². The van der Waals surface area contributed by atoms with Gasteiger partial charge >= 0.3 is 0 Å². The second-order valence-electron chi connectivity index (χ2n) is 5.74. The molecular formula is C16H26N2. The van der Waals surface area contributed by atoms with E-state index in [1.165, 1.54) is 37.1 Å². The second-order valence-corrected chi connectivity index (χ2v) is 5.74. The van der Waals surface area contributed by atoms with Crippen LogP contribution in [-0.4, -0.2) is 19.6 Å². The molecule has 0 aliphatic carbocycles. The maximum Gasteiger partial charge on any atom is 0.0205 e. The normalized spacial score (nSPS) is 20.3. The molecule has 0 bridgehead atoms. The zero-order chi connectivity index (χ0) is 12.8. The van der Waals surface area contributed by atoms with Crippen molar-refractivity contribution in [1.29, 1.82) is 0 Å². The first-order valence-corrected chi connectivity index (χ1v) is 7.26. The molecule has 1 fully saturated rings. The Bertz CT molecular complexity index is 337. The predicted molar refractivity (Wildman–Crippen MR) is 77.8 cm³/mol. The molecular weight excluding hydrogens is 220 g/mol. The van der Waals surface area contributed by atoms with Gasteiger partial charge in [-0.3, -0.25) is 0 Å². The van der Waals surface area contributed by atoms with Crippen molar-refractivity contribution in [2.45, 2.75) is 39.2 Å². The first-order chi connectivity index (χ1) is 8.75. The van der Waals surface area contributed by atoms with Gasteiger partial charge < -0.3 is 10.6 Å². The summed E-state index contributed by atoms with van der Waals surface area (Å²) < 4.78 is 0. The van der Waals surface area contributed by atoms with Gasteiger partial charge in [0.1, 0.15) is 0 Å². The summed E-state index contributed by atoms with van der Waals surface area (Å²) in [5.41, 5.74) is 2.82. The van der Waals surface area contributed by atoms with Crippen LogP contribution in [0.4, 0.5) is 0 Å². The van der Waals surface area contributed by atoms with Crippen LogP contribution >= 0.6 is 0 Å². The highest BCUT2D eigenvalue weighted by molar-refractivity contribution is 5.24. The summed E-state index contributed by atoms with van der Waals surface area (Å²) in [6.45, 7) is 8.99. The summed E-state index contributed by atoms with van der Waals surface area (Å²) >= 11 is 0. The zero-order valence-corrected chi connectivity index (χ0v) is 11.7. The van der Waals surface area contributed by atoms with Crippen LogP contribution in [0.15, 0.2) is 24.3 Å². The number of hydrogen-bond acceptors (Lipinski definition) is 2. The van der Waals surface area contributed by atoms with Gasteiger partial charge in [-0.1, -0.05) is 38.1 Å². The maximum absolute atomic E-state index is 3.58. The van der Waals surface area contributed by atoms with Crippen molar-refractivity contribution < 1.29 is 0 Å². The first-order valence-electron chi connectivity index (χ1n) is 7.26. The monoisotopic (exact) mass is 246 g/mol. The van der Waals surface area contributed by atoms with Crippen molar-refractivity contribution in [3.05, 3.63) is 35.4 Å². The largest absolute Gasteiger partial charge is 0.316 e. The van der Waals surface area contributed by atoms with Gasteiger partial charge in [0.15, 0.2) is 0 Å². The summed E-state index contributed by atoms with van der Waals surface area (Å²) in [6, 6.07) is 9.01. The fourth-order valence-electron chi connectivity index (χ4n) is 2.54. The molecule has 1 aromatic carbocycles. The summed E-state index contributed by atoms with van der Waals surface area (Å²) in [6.07, 6.45) is 2.70. The molecule has 18 heavy (non-hydrogen) atoms. The Morgan fingerprint density at radius 2 is 2.06 bits per heavy atom. The maximum atomic E-state index is 3.58. The number of hydrogen-bond donors (Lipinski definition) is 2. The minimum atomic E-state index is 0.625. The van der Waals surface area contributed by atoms with E-state index in [1.807, 2.05) is 0 Å². The van der Waals surface area contributed by atoms with Crippen molar-refractivity contribution in [2.24, 2.45) is 5.92 Å². The Hall–Kier alpha value is -0.860. The van der Waals surface area contributed by atoms with Crippen LogP contribution in [0.1, 0.15) is 43.7 Å². The van der Waals surface area contributed by atoms with Crippen LogP contribution < -0.4 is 10.6 Å². The summed E-state index contributed by atoms with van der Waals surface area (Å²) in [7, 11) is 0. The van der Waals surface area contributed by atoms with E-state index in [1.54, 1.807) is 0 Å². The Kier molecular flexibility index (Phi) is 5.21. The first kappa shape index (κ1) is 13.6. The standard InChI is InChI=1S/C16H26N2/c1-13(2)16-7-5-14(6-8-16)10-18-12-15-4-3-9-17-11-15/h5-8,13,15,17-18H,3-4,9-12H2,1-2H3. The van der Waals surface area contributed by atoms with Crippen LogP contribution in [0.25, 0.3) is 0 Å². The molecule has 2 rings (SSSR count). The number of piperidine rings is 1. The van der Waals surface area contributed by atoms with Crippen molar-refractivity contribution in [3.8, 4) is 0 Å². The third-order valence-electron chi connectivity index (χ3n) is 3.81. The minimum Gasteiger partial charge on any atom is -0.316 e. The average Bonchev–Trinajstić information content (AvgIpc) is 2.40. The van der Waals surface area contributed by atoms with E-state index in [0.717, 1.165) is 19.0 Å². The van der Waals surface area contributed by atoms with E-state index in [9.17, 15) is 0 Å². The lowest BCUT2D eigenvalue weighted by Gasteiger charge is -2.23. The summed E-state index contributed by atoms with van der Waals surface area (Å²) in [5, 5.41) is 7.04. The highest BCUT2D eigenvalue weighted by Crippen LogP contribution is 2.14. The van der Waals surface area contributed by atoms with Gasteiger partial charge in [-0.25, -0.2) is 0 Å². The molecule has 0 aromatic heterocycles. The molecule has 2 nitrogen and oxygen atoms in total. The van der Waals surface area contributed by atoms with Crippen molar-refractivity contribution in [3.63, 3.8) is 0 Å². The van der Waals surface area contributed by atoms with E-state index in [0.29, 0.717) is 5.92 Å². The molecule has 0 saturated carbocycles. The molecule has 1 atom stereocenters. The Morgan fingerprint density at radius 3 is 2.67 bits per heavy atom. The summed E-state index contributed by atoms with van der Waals surface area (Å²) in [4.78, 5) is 0. The van der Waals surface area contributed by atoms with Crippen LogP contribution in [-0.2, 0) is 6.54 Å². The molecule has 0 radical (unpaired) electrons. The third kappa shape index (κ3) is 4.11. The molecule has 1 aliphatic heterocycles. The van der Waals surface area contributed by atoms with Gasteiger partial charge in [0.05, 0.1) is 0 Å². The number of benzene rings is 1. The minimum absolute atomic E-state index is 0.625. The van der Waals surface area contributed by atoms with Gasteiger partial charge in [-0.05, 0) is 55.4 Å². The van der Waals surface area contributed by atoms with Gasteiger partial charge in [-0.15, -0.1) is 0 Å². The lowest BCUT2D eigenvalue weighted by molar-refractivity contribution is 0.360. The molecule has 1 aliphatic rings. The van der Waals surface area contributed by atoms with E-state index >= 15 is 0 Å². The molecule has 1 aromatic rings. The Morgan fingerprint density at radius 1 is 1.28 bits per heavy atom. The van der Waals surface area contributed by atoms with Crippen LogP contribution in [0, 0.1) is 5.92 Å². The van der Waals surface area contributed by atoms with Crippen LogP contribution in [0.5, 0.6) is 0 Å². The molecule has 1 heterocycles.